The van der Waals surface area contributed by atoms with Crippen molar-refractivity contribution >= 4 is 29.4 Å². The number of anilines is 1. The van der Waals surface area contributed by atoms with Gasteiger partial charge in [0, 0.05) is 17.3 Å². The van der Waals surface area contributed by atoms with Crippen LogP contribution in [-0.4, -0.2) is 78.1 Å². The van der Waals surface area contributed by atoms with Gasteiger partial charge >= 0.3 is 12.1 Å². The molecular weight excluding hydrogens is 612 g/mol. The molecular formula is C33H43ClN6O6. The van der Waals surface area contributed by atoms with E-state index < -0.39 is 24.6 Å². The number of halogens is 1. The summed E-state index contributed by atoms with van der Waals surface area (Å²) in [6, 6.07) is 11.6. The van der Waals surface area contributed by atoms with E-state index in [1.54, 1.807) is 24.4 Å². The molecule has 3 atom stereocenters. The number of hydrogen-bond donors (Lipinski definition) is 3. The van der Waals surface area contributed by atoms with Crippen molar-refractivity contribution in [3.05, 3.63) is 82.5 Å². The Balaban J connectivity index is 1.31. The van der Waals surface area contributed by atoms with Crippen LogP contribution in [0, 0.1) is 6.92 Å². The number of benzene rings is 2. The minimum Gasteiger partial charge on any atom is -0.491 e. The van der Waals surface area contributed by atoms with Crippen molar-refractivity contribution in [1.29, 1.82) is 0 Å². The molecule has 0 radical (unpaired) electrons. The SMILES string of the molecule is Cc1cc(NC2N(N)C(=O)N(CC3=CC=CNC3OCCOC3CCCCO3)C(=O)N2Cc2ccc(Cl)cc2)ccc1OC(C)C. The summed E-state index contributed by atoms with van der Waals surface area (Å²) >= 11 is 6.12. The first-order valence-electron chi connectivity index (χ1n) is 15.6. The number of carbonyl (C=O) groups is 2. The van der Waals surface area contributed by atoms with E-state index in [1.165, 1.54) is 4.90 Å². The van der Waals surface area contributed by atoms with E-state index >= 15 is 0 Å². The average Bonchev–Trinajstić information content (AvgIpc) is 3.05. The monoisotopic (exact) mass is 654 g/mol. The molecule has 12 nitrogen and oxygen atoms in total. The van der Waals surface area contributed by atoms with Gasteiger partial charge in [-0.2, -0.15) is 0 Å². The standard InChI is InChI=1S/C33H43ClN6O6/c1-22(2)46-28-14-13-27(19-23(28)3)37-31-38(20-24-9-11-26(34)12-10-24)32(41)39(33(42)40(31)35)21-25-7-6-15-36-30(25)45-18-17-44-29-8-4-5-16-43-29/h6-7,9-15,19,22,29-31,36-37H,4-5,8,16-18,20-21,35H2,1-3H3. The molecule has 248 valence electrons. The highest BCUT2D eigenvalue weighted by molar-refractivity contribution is 6.30. The molecule has 3 aliphatic rings. The van der Waals surface area contributed by atoms with Crippen LogP contribution in [0.5, 0.6) is 5.75 Å². The number of imide groups is 1. The molecule has 2 aromatic rings. The van der Waals surface area contributed by atoms with Crippen molar-refractivity contribution in [3.63, 3.8) is 0 Å². The van der Waals surface area contributed by atoms with E-state index in [1.807, 2.05) is 57.2 Å². The molecule has 2 saturated heterocycles. The molecule has 3 aliphatic heterocycles. The third kappa shape index (κ3) is 8.51. The average molecular weight is 655 g/mol. The van der Waals surface area contributed by atoms with Gasteiger partial charge in [0.15, 0.2) is 12.5 Å². The summed E-state index contributed by atoms with van der Waals surface area (Å²) in [6.07, 6.45) is 6.62. The second-order valence-electron chi connectivity index (χ2n) is 11.7. The summed E-state index contributed by atoms with van der Waals surface area (Å²) in [7, 11) is 0. The Bertz CT molecular complexity index is 1410. The van der Waals surface area contributed by atoms with Gasteiger partial charge in [-0.25, -0.2) is 25.3 Å². The highest BCUT2D eigenvalue weighted by atomic mass is 35.5. The van der Waals surface area contributed by atoms with Gasteiger partial charge in [0.1, 0.15) is 5.75 Å². The number of hydrazine groups is 1. The summed E-state index contributed by atoms with van der Waals surface area (Å²) in [6.45, 7) is 7.33. The number of rotatable bonds is 13. The van der Waals surface area contributed by atoms with Crippen LogP contribution in [0.1, 0.15) is 44.2 Å². The largest absolute Gasteiger partial charge is 0.491 e. The first-order chi connectivity index (χ1) is 22.2. The van der Waals surface area contributed by atoms with Crippen molar-refractivity contribution < 1.29 is 28.5 Å². The highest BCUT2D eigenvalue weighted by Gasteiger charge is 2.44. The molecule has 0 aliphatic carbocycles. The maximum absolute atomic E-state index is 14.1. The van der Waals surface area contributed by atoms with Gasteiger partial charge in [-0.05, 0) is 99.3 Å². The summed E-state index contributed by atoms with van der Waals surface area (Å²) < 4.78 is 23.3. The number of nitrogens with two attached hydrogens (primary N) is 1. The van der Waals surface area contributed by atoms with Crippen molar-refractivity contribution in [3.8, 4) is 5.75 Å². The number of nitrogens with one attached hydrogen (secondary N) is 2. The Labute approximate surface area is 275 Å². The molecule has 0 aromatic heterocycles. The zero-order valence-corrected chi connectivity index (χ0v) is 27.2. The first-order valence-corrected chi connectivity index (χ1v) is 16.0. The van der Waals surface area contributed by atoms with Gasteiger partial charge < -0.3 is 29.6 Å². The minimum absolute atomic E-state index is 0.0194. The lowest BCUT2D eigenvalue weighted by Crippen LogP contribution is -2.70. The zero-order valence-electron chi connectivity index (χ0n) is 26.5. The second kappa shape index (κ2) is 15.7. The van der Waals surface area contributed by atoms with Crippen molar-refractivity contribution in [1.82, 2.24) is 20.1 Å². The quantitative estimate of drug-likeness (QED) is 0.150. The van der Waals surface area contributed by atoms with Gasteiger partial charge in [0.05, 0.1) is 32.4 Å². The fourth-order valence-corrected chi connectivity index (χ4v) is 5.53. The molecule has 13 heteroatoms. The van der Waals surface area contributed by atoms with E-state index in [0.717, 1.165) is 46.0 Å². The third-order valence-corrected chi connectivity index (χ3v) is 7.98. The normalized spacial score (nSPS) is 21.8. The van der Waals surface area contributed by atoms with E-state index in [-0.39, 0.29) is 25.5 Å². The van der Waals surface area contributed by atoms with Crippen molar-refractivity contribution in [2.45, 2.75) is 71.5 Å². The van der Waals surface area contributed by atoms with Crippen molar-refractivity contribution in [2.24, 2.45) is 5.84 Å². The summed E-state index contributed by atoms with van der Waals surface area (Å²) in [4.78, 5) is 30.5. The van der Waals surface area contributed by atoms with Crippen LogP contribution in [-0.2, 0) is 20.8 Å². The van der Waals surface area contributed by atoms with Gasteiger partial charge in [-0.3, -0.25) is 4.90 Å². The van der Waals surface area contributed by atoms with Crippen LogP contribution in [0.25, 0.3) is 0 Å². The van der Waals surface area contributed by atoms with E-state index in [4.69, 9.17) is 36.4 Å². The number of dihydropyridines is 1. The second-order valence-corrected chi connectivity index (χ2v) is 12.1. The minimum atomic E-state index is -0.979. The molecule has 0 saturated carbocycles. The van der Waals surface area contributed by atoms with Crippen LogP contribution < -0.4 is 21.2 Å². The molecule has 3 heterocycles. The smallest absolute Gasteiger partial charge is 0.346 e. The summed E-state index contributed by atoms with van der Waals surface area (Å²) in [5, 5.41) is 8.05. The molecule has 0 spiro atoms. The highest BCUT2D eigenvalue weighted by Crippen LogP contribution is 2.27. The lowest BCUT2D eigenvalue weighted by Gasteiger charge is -2.46. The van der Waals surface area contributed by atoms with Gasteiger partial charge in [0.25, 0.3) is 0 Å². The van der Waals surface area contributed by atoms with Gasteiger partial charge in [-0.15, -0.1) is 0 Å². The van der Waals surface area contributed by atoms with Crippen LogP contribution >= 0.6 is 11.6 Å². The number of carbonyl (C=O) groups excluding carboxylic acids is 2. The van der Waals surface area contributed by atoms with Crippen LogP contribution in [0.4, 0.5) is 15.3 Å². The van der Waals surface area contributed by atoms with E-state index in [9.17, 15) is 9.59 Å². The Morgan fingerprint density at radius 3 is 2.57 bits per heavy atom. The molecule has 4 N–H and O–H groups in total. The fraction of sp³-hybridized carbons (Fsp3) is 0.455. The van der Waals surface area contributed by atoms with Crippen LogP contribution in [0.15, 0.2) is 66.4 Å². The number of urea groups is 2. The molecule has 2 aromatic carbocycles. The van der Waals surface area contributed by atoms with Crippen molar-refractivity contribution in [2.75, 3.05) is 31.7 Å². The molecule has 2 fully saturated rings. The molecule has 5 rings (SSSR count). The number of ether oxygens (including phenoxy) is 4. The number of amides is 4. The summed E-state index contributed by atoms with van der Waals surface area (Å²) in [5.74, 6) is 7.21. The Morgan fingerprint density at radius 2 is 1.85 bits per heavy atom. The number of allylic oxidation sites excluding steroid dienone is 2. The Kier molecular flexibility index (Phi) is 11.4. The number of nitrogens with zero attached hydrogens (tertiary/aromatic N) is 3. The van der Waals surface area contributed by atoms with Crippen LogP contribution in [0.2, 0.25) is 5.02 Å². The Morgan fingerprint density at radius 1 is 1.07 bits per heavy atom. The number of aryl methyl sites for hydroxylation is 1. The fourth-order valence-electron chi connectivity index (χ4n) is 5.40. The molecule has 3 unspecified atom stereocenters. The Hall–Kier alpha value is -3.81. The number of hydrogen-bond acceptors (Lipinski definition) is 9. The van der Waals surface area contributed by atoms with E-state index in [0.29, 0.717) is 36.1 Å². The lowest BCUT2D eigenvalue weighted by atomic mass is 10.1. The zero-order chi connectivity index (χ0) is 32.6. The first kappa shape index (κ1) is 33.6. The molecule has 46 heavy (non-hydrogen) atoms. The predicted octanol–water partition coefficient (Wildman–Crippen LogP) is 5.29. The predicted molar refractivity (Wildman–Crippen MR) is 175 cm³/mol. The summed E-state index contributed by atoms with van der Waals surface area (Å²) in [5.41, 5.74) is 3.06. The van der Waals surface area contributed by atoms with E-state index in [2.05, 4.69) is 10.6 Å². The lowest BCUT2D eigenvalue weighted by molar-refractivity contribution is -0.171. The van der Waals surface area contributed by atoms with Crippen LogP contribution in [0.3, 0.4) is 0 Å². The van der Waals surface area contributed by atoms with Gasteiger partial charge in [-0.1, -0.05) is 29.8 Å². The molecule has 0 bridgehead atoms. The molecule has 4 amide bonds. The maximum atomic E-state index is 14.1. The third-order valence-electron chi connectivity index (χ3n) is 7.73. The maximum Gasteiger partial charge on any atom is 0.346 e. The topological polar surface area (TPSA) is 131 Å². The van der Waals surface area contributed by atoms with Gasteiger partial charge in [0.2, 0.25) is 6.29 Å².